The normalized spacial score (nSPS) is 14.9. The molecule has 3 nitrogen and oxygen atoms in total. The number of fused-ring (bicyclic) bond motifs is 1. The second kappa shape index (κ2) is 6.58. The third-order valence-corrected chi connectivity index (χ3v) is 5.34. The van der Waals surface area contributed by atoms with Crippen molar-refractivity contribution in [2.24, 2.45) is 0 Å². The van der Waals surface area contributed by atoms with Gasteiger partial charge in [0, 0.05) is 33.8 Å². The zero-order valence-corrected chi connectivity index (χ0v) is 15.5. The van der Waals surface area contributed by atoms with E-state index in [2.05, 4.69) is 5.10 Å². The van der Waals surface area contributed by atoms with Crippen LogP contribution >= 0.6 is 11.6 Å². The van der Waals surface area contributed by atoms with Crippen LogP contribution < -0.4 is 0 Å². The quantitative estimate of drug-likeness (QED) is 0.613. The molecule has 0 saturated heterocycles. The van der Waals surface area contributed by atoms with Gasteiger partial charge in [0.15, 0.2) is 5.78 Å². The van der Waals surface area contributed by atoms with Crippen LogP contribution in [-0.2, 0) is 13.0 Å². The Balaban J connectivity index is 1.68. The third kappa shape index (κ3) is 2.89. The molecule has 0 aliphatic heterocycles. The van der Waals surface area contributed by atoms with E-state index in [9.17, 15) is 4.79 Å². The van der Waals surface area contributed by atoms with Crippen molar-refractivity contribution in [2.45, 2.75) is 26.8 Å². The highest BCUT2D eigenvalue weighted by Gasteiger charge is 2.25. The lowest BCUT2D eigenvalue weighted by Gasteiger charge is -2.07. The molecule has 0 spiro atoms. The Hall–Kier alpha value is -2.65. The largest absolute Gasteiger partial charge is 0.289 e. The number of rotatable bonds is 3. The van der Waals surface area contributed by atoms with E-state index < -0.39 is 0 Å². The fraction of sp³-hybridized carbons (Fsp3) is 0.182. The lowest BCUT2D eigenvalue weighted by Crippen LogP contribution is -2.04. The molecule has 1 aliphatic rings. The van der Waals surface area contributed by atoms with Crippen molar-refractivity contribution in [1.29, 1.82) is 0 Å². The molecule has 4 heteroatoms. The van der Waals surface area contributed by atoms with E-state index >= 15 is 0 Å². The summed E-state index contributed by atoms with van der Waals surface area (Å²) in [4.78, 5) is 12.7. The standard InChI is InChI=1S/C22H19ClN2O/c1-14-20(12-18-11-16-7-3-5-9-19(16)22(18)26)15(2)25(24-14)13-17-8-4-6-10-21(17)23/h3-10,12H,11,13H2,1-2H3/b18-12-. The zero-order valence-electron chi connectivity index (χ0n) is 14.8. The van der Waals surface area contributed by atoms with E-state index in [1.165, 1.54) is 0 Å². The molecule has 1 aliphatic carbocycles. The average Bonchev–Trinajstić information content (AvgIpc) is 3.09. The molecule has 0 atom stereocenters. The van der Waals surface area contributed by atoms with Gasteiger partial charge in [-0.2, -0.15) is 5.10 Å². The molecule has 0 fully saturated rings. The number of aromatic nitrogens is 2. The number of benzene rings is 2. The van der Waals surface area contributed by atoms with Gasteiger partial charge in [-0.1, -0.05) is 54.1 Å². The van der Waals surface area contributed by atoms with Crippen LogP contribution in [0, 0.1) is 13.8 Å². The zero-order chi connectivity index (χ0) is 18.3. The second-order valence-electron chi connectivity index (χ2n) is 6.67. The molecular formula is C22H19ClN2O. The van der Waals surface area contributed by atoms with Crippen molar-refractivity contribution in [3.63, 3.8) is 0 Å². The van der Waals surface area contributed by atoms with E-state index in [0.29, 0.717) is 13.0 Å². The minimum Gasteiger partial charge on any atom is -0.289 e. The topological polar surface area (TPSA) is 34.9 Å². The van der Waals surface area contributed by atoms with E-state index in [1.807, 2.05) is 73.1 Å². The molecule has 0 bridgehead atoms. The Morgan fingerprint density at radius 3 is 2.62 bits per heavy atom. The highest BCUT2D eigenvalue weighted by molar-refractivity contribution is 6.31. The summed E-state index contributed by atoms with van der Waals surface area (Å²) in [5.74, 6) is 0.123. The van der Waals surface area contributed by atoms with Gasteiger partial charge in [-0.05, 0) is 37.1 Å². The molecule has 130 valence electrons. The average molecular weight is 363 g/mol. The van der Waals surface area contributed by atoms with Crippen LogP contribution in [0.2, 0.25) is 5.02 Å². The van der Waals surface area contributed by atoms with Crippen molar-refractivity contribution in [2.75, 3.05) is 0 Å². The molecule has 0 unspecified atom stereocenters. The van der Waals surface area contributed by atoms with Gasteiger partial charge in [0.25, 0.3) is 0 Å². The van der Waals surface area contributed by atoms with Gasteiger partial charge in [0.1, 0.15) is 0 Å². The lowest BCUT2D eigenvalue weighted by atomic mass is 10.1. The summed E-state index contributed by atoms with van der Waals surface area (Å²) in [7, 11) is 0. The SMILES string of the molecule is Cc1nn(Cc2ccccc2Cl)c(C)c1/C=C1/Cc2ccccc2C1=O. The molecule has 0 N–H and O–H groups in total. The molecule has 3 aromatic rings. The fourth-order valence-corrected chi connectivity index (χ4v) is 3.70. The molecule has 0 amide bonds. The van der Waals surface area contributed by atoms with E-state index in [-0.39, 0.29) is 5.78 Å². The third-order valence-electron chi connectivity index (χ3n) is 4.97. The van der Waals surface area contributed by atoms with Crippen molar-refractivity contribution >= 4 is 23.5 Å². The maximum absolute atomic E-state index is 12.7. The molecule has 1 aromatic heterocycles. The Morgan fingerprint density at radius 1 is 1.12 bits per heavy atom. The van der Waals surface area contributed by atoms with Crippen LogP contribution in [0.25, 0.3) is 6.08 Å². The minimum absolute atomic E-state index is 0.123. The Bertz CT molecular complexity index is 1050. The number of allylic oxidation sites excluding steroid dienone is 1. The first-order chi connectivity index (χ1) is 12.5. The molecule has 0 radical (unpaired) electrons. The summed E-state index contributed by atoms with van der Waals surface area (Å²) in [6.07, 6.45) is 2.69. The molecule has 0 saturated carbocycles. The van der Waals surface area contributed by atoms with E-state index in [4.69, 9.17) is 11.6 Å². The Morgan fingerprint density at radius 2 is 1.85 bits per heavy atom. The monoisotopic (exact) mass is 362 g/mol. The van der Waals surface area contributed by atoms with Gasteiger partial charge in [-0.3, -0.25) is 9.48 Å². The van der Waals surface area contributed by atoms with Crippen molar-refractivity contribution in [1.82, 2.24) is 9.78 Å². The van der Waals surface area contributed by atoms with Crippen LogP contribution in [0.1, 0.15) is 38.4 Å². The predicted octanol–water partition coefficient (Wildman–Crippen LogP) is 5.02. The van der Waals surface area contributed by atoms with Crippen molar-refractivity contribution in [3.8, 4) is 0 Å². The summed E-state index contributed by atoms with van der Waals surface area (Å²) in [5.41, 5.74) is 6.76. The van der Waals surface area contributed by atoms with Gasteiger partial charge in [-0.15, -0.1) is 0 Å². The highest BCUT2D eigenvalue weighted by Crippen LogP contribution is 2.29. The van der Waals surface area contributed by atoms with E-state index in [1.54, 1.807) is 0 Å². The smallest absolute Gasteiger partial charge is 0.189 e. The number of carbonyl (C=O) groups excluding carboxylic acids is 1. The summed E-state index contributed by atoms with van der Waals surface area (Å²) < 4.78 is 1.95. The summed E-state index contributed by atoms with van der Waals surface area (Å²) >= 11 is 6.28. The van der Waals surface area contributed by atoms with Crippen LogP contribution in [0.15, 0.2) is 54.1 Å². The summed E-state index contributed by atoms with van der Waals surface area (Å²) in [6, 6.07) is 15.6. The fourth-order valence-electron chi connectivity index (χ4n) is 3.51. The molecule has 4 rings (SSSR count). The van der Waals surface area contributed by atoms with Crippen LogP contribution in [0.5, 0.6) is 0 Å². The maximum Gasteiger partial charge on any atom is 0.189 e. The second-order valence-corrected chi connectivity index (χ2v) is 7.07. The first-order valence-electron chi connectivity index (χ1n) is 8.65. The number of nitrogens with zero attached hydrogens (tertiary/aromatic N) is 2. The first kappa shape index (κ1) is 16.8. The van der Waals surface area contributed by atoms with E-state index in [0.717, 1.165) is 44.2 Å². The molecule has 2 aromatic carbocycles. The number of hydrogen-bond acceptors (Lipinski definition) is 2. The lowest BCUT2D eigenvalue weighted by molar-refractivity contribution is 0.104. The van der Waals surface area contributed by atoms with Gasteiger partial charge in [-0.25, -0.2) is 0 Å². The predicted molar refractivity (Wildman–Crippen MR) is 105 cm³/mol. The summed E-state index contributed by atoms with van der Waals surface area (Å²) in [5, 5.41) is 5.40. The number of hydrogen-bond donors (Lipinski definition) is 0. The number of Topliss-reactive ketones (excluding diaryl/α,β-unsaturated/α-hetero) is 1. The maximum atomic E-state index is 12.7. The number of aryl methyl sites for hydroxylation is 1. The van der Waals surface area contributed by atoms with Gasteiger partial charge in [0.2, 0.25) is 0 Å². The van der Waals surface area contributed by atoms with Crippen molar-refractivity contribution < 1.29 is 4.79 Å². The highest BCUT2D eigenvalue weighted by atomic mass is 35.5. The number of carbonyl (C=O) groups is 1. The minimum atomic E-state index is 0.123. The van der Waals surface area contributed by atoms with Crippen LogP contribution in [-0.4, -0.2) is 15.6 Å². The Kier molecular flexibility index (Phi) is 4.25. The molecule has 26 heavy (non-hydrogen) atoms. The van der Waals surface area contributed by atoms with Gasteiger partial charge < -0.3 is 0 Å². The summed E-state index contributed by atoms with van der Waals surface area (Å²) in [6.45, 7) is 4.63. The number of ketones is 1. The van der Waals surface area contributed by atoms with Crippen molar-refractivity contribution in [3.05, 3.63) is 92.8 Å². The molecule has 1 heterocycles. The molecular weight excluding hydrogens is 344 g/mol. The first-order valence-corrected chi connectivity index (χ1v) is 9.03. The Labute approximate surface area is 157 Å². The van der Waals surface area contributed by atoms with Crippen LogP contribution in [0.3, 0.4) is 0 Å². The van der Waals surface area contributed by atoms with Gasteiger partial charge >= 0.3 is 0 Å². The number of halogens is 1. The van der Waals surface area contributed by atoms with Gasteiger partial charge in [0.05, 0.1) is 12.2 Å². The van der Waals surface area contributed by atoms with Crippen LogP contribution in [0.4, 0.5) is 0 Å².